The zero-order chi connectivity index (χ0) is 23.9. The molecule has 2 heterocycles. The summed E-state index contributed by atoms with van der Waals surface area (Å²) in [6.45, 7) is -0.651. The number of fused-ring (bicyclic) bond motifs is 1. The van der Waals surface area contributed by atoms with E-state index in [0.29, 0.717) is 5.56 Å². The molecule has 11 heteroatoms. The first-order valence-corrected chi connectivity index (χ1v) is 9.89. The van der Waals surface area contributed by atoms with Crippen molar-refractivity contribution in [1.82, 2.24) is 0 Å². The van der Waals surface area contributed by atoms with Gasteiger partial charge in [-0.2, -0.15) is 0 Å². The molecule has 0 radical (unpaired) electrons. The SMILES string of the molecule is COc1cc(-c2oc3cc(=O)cc(O)c-3cc2OC2OC(CO)C(O)C(O)C2O)ccc1O. The molecule has 0 spiro atoms. The number of aliphatic hydroxyl groups is 4. The lowest BCUT2D eigenvalue weighted by atomic mass is 9.99. The van der Waals surface area contributed by atoms with Crippen LogP contribution in [0.15, 0.2) is 45.6 Å². The fraction of sp³-hybridized carbons (Fsp3) is 0.318. The number of methoxy groups -OCH3 is 1. The summed E-state index contributed by atoms with van der Waals surface area (Å²) in [7, 11) is 1.35. The molecule has 0 amide bonds. The molecule has 5 unspecified atom stereocenters. The molecule has 6 N–H and O–H groups in total. The maximum atomic E-state index is 11.8. The lowest BCUT2D eigenvalue weighted by molar-refractivity contribution is -0.277. The number of ether oxygens (including phenoxy) is 3. The summed E-state index contributed by atoms with van der Waals surface area (Å²) in [6.07, 6.45) is -7.69. The Morgan fingerprint density at radius 3 is 2.39 bits per heavy atom. The Kier molecular flexibility index (Phi) is 6.15. The number of benzene rings is 2. The highest BCUT2D eigenvalue weighted by molar-refractivity contribution is 5.76. The third-order valence-electron chi connectivity index (χ3n) is 5.34. The van der Waals surface area contributed by atoms with Gasteiger partial charge in [-0.25, -0.2) is 0 Å². The largest absolute Gasteiger partial charge is 0.507 e. The molecule has 2 aliphatic heterocycles. The van der Waals surface area contributed by atoms with Gasteiger partial charge in [-0.3, -0.25) is 4.79 Å². The van der Waals surface area contributed by atoms with E-state index in [1.165, 1.54) is 31.4 Å². The predicted octanol–water partition coefficient (Wildman–Crippen LogP) is 0.0101. The Bertz CT molecular complexity index is 1170. The zero-order valence-corrected chi connectivity index (χ0v) is 17.3. The molecule has 1 fully saturated rings. The van der Waals surface area contributed by atoms with E-state index in [1.807, 2.05) is 0 Å². The molecule has 11 nitrogen and oxygen atoms in total. The van der Waals surface area contributed by atoms with Crippen molar-refractivity contribution >= 4 is 0 Å². The maximum absolute atomic E-state index is 11.8. The highest BCUT2D eigenvalue weighted by Gasteiger charge is 2.45. The average molecular weight is 462 g/mol. The van der Waals surface area contributed by atoms with E-state index in [0.717, 1.165) is 12.1 Å². The fourth-order valence-electron chi connectivity index (χ4n) is 3.57. The van der Waals surface area contributed by atoms with E-state index >= 15 is 0 Å². The van der Waals surface area contributed by atoms with Crippen molar-refractivity contribution in [2.75, 3.05) is 13.7 Å². The zero-order valence-electron chi connectivity index (χ0n) is 17.3. The predicted molar refractivity (Wildman–Crippen MR) is 111 cm³/mol. The van der Waals surface area contributed by atoms with Gasteiger partial charge < -0.3 is 49.3 Å². The number of phenols is 2. The monoisotopic (exact) mass is 462 g/mol. The Balaban J connectivity index is 1.85. The van der Waals surface area contributed by atoms with Gasteiger partial charge in [-0.1, -0.05) is 0 Å². The van der Waals surface area contributed by atoms with Crippen molar-refractivity contribution < 1.29 is 49.3 Å². The number of hydrogen-bond donors (Lipinski definition) is 6. The molecule has 0 aromatic heterocycles. The molecule has 1 saturated heterocycles. The van der Waals surface area contributed by atoms with E-state index in [-0.39, 0.29) is 40.1 Å². The van der Waals surface area contributed by atoms with E-state index in [2.05, 4.69) is 0 Å². The minimum absolute atomic E-state index is 0.0164. The third-order valence-corrected chi connectivity index (χ3v) is 5.34. The molecule has 0 saturated carbocycles. The number of aromatic hydroxyl groups is 2. The standard InChI is InChI=1S/C22H22O11/c1-30-15-4-9(2-3-12(15)25)21-16(7-11-13(26)5-10(24)6-14(11)31-21)32-22-20(29)19(28)18(27)17(8-23)33-22/h2-7,17-20,22-23,25-29H,8H2,1H3. The van der Waals surface area contributed by atoms with Crippen LogP contribution in [0.3, 0.4) is 0 Å². The van der Waals surface area contributed by atoms with E-state index in [4.69, 9.17) is 18.6 Å². The molecule has 176 valence electrons. The molecule has 1 aromatic carbocycles. The van der Waals surface area contributed by atoms with Crippen molar-refractivity contribution in [3.8, 4) is 45.6 Å². The molecular formula is C22H22O11. The summed E-state index contributed by atoms with van der Waals surface area (Å²) < 4.78 is 22.1. The molecule has 0 bridgehead atoms. The number of rotatable bonds is 5. The first kappa shape index (κ1) is 22.8. The van der Waals surface area contributed by atoms with E-state index < -0.39 is 42.7 Å². The van der Waals surface area contributed by atoms with Gasteiger partial charge >= 0.3 is 0 Å². The Labute approximate surface area is 186 Å². The van der Waals surface area contributed by atoms with Crippen LogP contribution >= 0.6 is 0 Å². The van der Waals surface area contributed by atoms with Gasteiger partial charge in [0.2, 0.25) is 6.29 Å². The van der Waals surface area contributed by atoms with Gasteiger partial charge in [-0.05, 0) is 24.3 Å². The molecule has 1 aromatic rings. The quantitative estimate of drug-likeness (QED) is 0.301. The average Bonchev–Trinajstić information content (AvgIpc) is 2.79. The smallest absolute Gasteiger partial charge is 0.229 e. The normalized spacial score (nSPS) is 25.2. The summed E-state index contributed by atoms with van der Waals surface area (Å²) in [4.78, 5) is 11.8. The molecule has 4 rings (SSSR count). The van der Waals surface area contributed by atoms with Crippen LogP contribution in [0.1, 0.15) is 0 Å². The molecule has 33 heavy (non-hydrogen) atoms. The minimum Gasteiger partial charge on any atom is -0.507 e. The summed E-state index contributed by atoms with van der Waals surface area (Å²) in [5.74, 6) is -0.436. The van der Waals surface area contributed by atoms with Crippen LogP contribution in [0, 0.1) is 0 Å². The highest BCUT2D eigenvalue weighted by Crippen LogP contribution is 2.43. The van der Waals surface area contributed by atoms with Crippen molar-refractivity contribution in [1.29, 1.82) is 0 Å². The summed E-state index contributed by atoms with van der Waals surface area (Å²) in [5, 5.41) is 60.0. The van der Waals surface area contributed by atoms with E-state index in [1.54, 1.807) is 0 Å². The van der Waals surface area contributed by atoms with Gasteiger partial charge in [-0.15, -0.1) is 0 Å². The number of aliphatic hydroxyl groups excluding tert-OH is 4. The van der Waals surface area contributed by atoms with Crippen molar-refractivity contribution in [2.45, 2.75) is 30.7 Å². The van der Waals surface area contributed by atoms with Crippen LogP contribution in [0.25, 0.3) is 22.6 Å². The van der Waals surface area contributed by atoms with Gasteiger partial charge in [0, 0.05) is 17.7 Å². The third kappa shape index (κ3) is 4.19. The van der Waals surface area contributed by atoms with Crippen LogP contribution in [0.4, 0.5) is 0 Å². The summed E-state index contributed by atoms with van der Waals surface area (Å²) in [5.41, 5.74) is -0.0498. The molecule has 5 atom stereocenters. The second-order valence-electron chi connectivity index (χ2n) is 7.50. The van der Waals surface area contributed by atoms with Gasteiger partial charge in [0.25, 0.3) is 0 Å². The molecular weight excluding hydrogens is 440 g/mol. The topological polar surface area (TPSA) is 179 Å². The van der Waals surface area contributed by atoms with Gasteiger partial charge in [0.15, 0.2) is 28.4 Å². The fourth-order valence-corrected chi connectivity index (χ4v) is 3.57. The lowest BCUT2D eigenvalue weighted by Gasteiger charge is -2.39. The molecule has 3 aliphatic rings. The molecule has 1 aliphatic carbocycles. The first-order valence-electron chi connectivity index (χ1n) is 9.89. The second-order valence-corrected chi connectivity index (χ2v) is 7.50. The highest BCUT2D eigenvalue weighted by atomic mass is 16.7. The van der Waals surface area contributed by atoms with Crippen LogP contribution in [0.2, 0.25) is 0 Å². The Morgan fingerprint density at radius 1 is 0.939 bits per heavy atom. The lowest BCUT2D eigenvalue weighted by Crippen LogP contribution is -2.60. The Morgan fingerprint density at radius 2 is 1.70 bits per heavy atom. The second kappa shape index (κ2) is 8.89. The van der Waals surface area contributed by atoms with Crippen LogP contribution < -0.4 is 14.9 Å². The van der Waals surface area contributed by atoms with Gasteiger partial charge in [0.1, 0.15) is 35.9 Å². The number of phenolic OH excluding ortho intramolecular Hbond substituents is 2. The van der Waals surface area contributed by atoms with Crippen molar-refractivity contribution in [2.24, 2.45) is 0 Å². The first-order chi connectivity index (χ1) is 15.7. The van der Waals surface area contributed by atoms with E-state index in [9.17, 15) is 35.4 Å². The summed E-state index contributed by atoms with van der Waals surface area (Å²) >= 11 is 0. The minimum atomic E-state index is -1.70. The Hall–Kier alpha value is -3.35. The summed E-state index contributed by atoms with van der Waals surface area (Å²) in [6, 6.07) is 7.73. The maximum Gasteiger partial charge on any atom is 0.229 e. The van der Waals surface area contributed by atoms with Crippen LogP contribution in [0.5, 0.6) is 23.0 Å². The van der Waals surface area contributed by atoms with Crippen LogP contribution in [-0.4, -0.2) is 75.1 Å². The number of hydrogen-bond acceptors (Lipinski definition) is 11. The van der Waals surface area contributed by atoms with Gasteiger partial charge in [0.05, 0.1) is 19.3 Å². The van der Waals surface area contributed by atoms with Crippen molar-refractivity contribution in [3.05, 3.63) is 46.6 Å². The van der Waals surface area contributed by atoms with Crippen LogP contribution in [-0.2, 0) is 4.74 Å². The van der Waals surface area contributed by atoms with Crippen molar-refractivity contribution in [3.63, 3.8) is 0 Å².